The number of ether oxygens (including phenoxy) is 2. The minimum Gasteiger partial charge on any atom is -0.387 e. The number of aromatic nitrogens is 5. The lowest BCUT2D eigenvalue weighted by Gasteiger charge is -2.20. The number of rotatable bonds is 11. The van der Waals surface area contributed by atoms with E-state index in [0.717, 1.165) is 6.33 Å². The summed E-state index contributed by atoms with van der Waals surface area (Å²) in [6.45, 7) is -1.50. The average Bonchev–Trinajstić information content (AvgIpc) is 3.61. The molecule has 2 aliphatic rings. The van der Waals surface area contributed by atoms with Gasteiger partial charge in [0.05, 0.1) is 19.5 Å². The van der Waals surface area contributed by atoms with Crippen molar-refractivity contribution in [1.29, 1.82) is 0 Å². The number of aliphatic hydroxyl groups excluding tert-OH is 4. The second kappa shape index (κ2) is 12.5. The molecule has 5 heterocycles. The van der Waals surface area contributed by atoms with E-state index in [-0.39, 0.29) is 23.5 Å². The molecule has 2 unspecified atom stereocenters. The molecule has 5 rings (SSSR count). The van der Waals surface area contributed by atoms with Crippen LogP contribution >= 0.6 is 15.6 Å². The van der Waals surface area contributed by atoms with Gasteiger partial charge in [0, 0.05) is 18.2 Å². The predicted octanol–water partition coefficient (Wildman–Crippen LogP) is -2.66. The van der Waals surface area contributed by atoms with E-state index < -0.39 is 77.9 Å². The monoisotopic (exact) mass is 650 g/mol. The Morgan fingerprint density at radius 1 is 0.953 bits per heavy atom. The van der Waals surface area contributed by atoms with Crippen LogP contribution < -0.4 is 16.0 Å². The van der Waals surface area contributed by atoms with Crippen molar-refractivity contribution in [2.24, 2.45) is 5.73 Å². The van der Waals surface area contributed by atoms with E-state index in [1.165, 1.54) is 15.5 Å². The number of nitrogens with two attached hydrogens (primary N) is 2. The molecule has 0 amide bonds. The summed E-state index contributed by atoms with van der Waals surface area (Å²) in [5, 5.41) is 41.7. The number of hydrogen-bond donors (Lipinski definition) is 8. The molecule has 2 fully saturated rings. The average molecular weight is 650 g/mol. The van der Waals surface area contributed by atoms with Gasteiger partial charge in [-0.1, -0.05) is 0 Å². The lowest BCUT2D eigenvalue weighted by Crippen LogP contribution is -2.46. The normalized spacial score (nSPS) is 32.2. The van der Waals surface area contributed by atoms with Crippen LogP contribution in [0.15, 0.2) is 37.2 Å². The molecule has 2 aliphatic heterocycles. The number of anilines is 1. The van der Waals surface area contributed by atoms with Crippen molar-refractivity contribution in [3.63, 3.8) is 0 Å². The van der Waals surface area contributed by atoms with Gasteiger partial charge >= 0.3 is 15.6 Å². The lowest BCUT2D eigenvalue weighted by atomic mass is 10.1. The number of fused-ring (bicyclic) bond motifs is 1. The fraction of sp³-hybridized carbons (Fsp3) is 0.524. The first-order valence-corrected chi connectivity index (χ1v) is 15.6. The molecule has 0 aromatic carbocycles. The number of imidazole rings is 1. The summed E-state index contributed by atoms with van der Waals surface area (Å²) < 4.78 is 52.4. The first-order chi connectivity index (χ1) is 20.3. The second-order valence-electron chi connectivity index (χ2n) is 9.65. The van der Waals surface area contributed by atoms with Crippen LogP contribution in [-0.2, 0) is 38.5 Å². The van der Waals surface area contributed by atoms with Crippen molar-refractivity contribution < 1.29 is 66.7 Å². The Morgan fingerprint density at radius 2 is 1.60 bits per heavy atom. The molecule has 236 valence electrons. The molecule has 10 atom stereocenters. The van der Waals surface area contributed by atoms with Crippen LogP contribution in [0.4, 0.5) is 5.82 Å². The summed E-state index contributed by atoms with van der Waals surface area (Å²) in [7, 11) is -10.6. The van der Waals surface area contributed by atoms with E-state index in [9.17, 15) is 39.3 Å². The molecule has 22 heteroatoms. The Kier molecular flexibility index (Phi) is 9.25. The molecule has 20 nitrogen and oxygen atoms in total. The van der Waals surface area contributed by atoms with Crippen LogP contribution in [0.1, 0.15) is 18.0 Å². The molecule has 2 saturated heterocycles. The zero-order valence-electron chi connectivity index (χ0n) is 22.0. The largest absolute Gasteiger partial charge is 0.481 e. The molecule has 3 aromatic heterocycles. The summed E-state index contributed by atoms with van der Waals surface area (Å²) in [5.74, 6) is 0.0619. The first kappa shape index (κ1) is 31.9. The zero-order chi connectivity index (χ0) is 31.1. The Labute approximate surface area is 242 Å². The maximum atomic E-state index is 12.4. The van der Waals surface area contributed by atoms with Gasteiger partial charge in [0.2, 0.25) is 0 Å². The van der Waals surface area contributed by atoms with Crippen LogP contribution in [0.5, 0.6) is 0 Å². The van der Waals surface area contributed by atoms with Gasteiger partial charge in [-0.05, 0) is 6.07 Å². The highest BCUT2D eigenvalue weighted by Gasteiger charge is 2.50. The van der Waals surface area contributed by atoms with Crippen LogP contribution in [-0.4, -0.2) is 99.6 Å². The maximum absolute atomic E-state index is 12.4. The molecule has 0 spiro atoms. The van der Waals surface area contributed by atoms with Crippen molar-refractivity contribution in [3.8, 4) is 0 Å². The standard InChI is InChI=1S/C21H29N7O13P2/c22-4-10-2-1-3-27(5-10)20-16(31)14(29)11(39-20)6-37-42(33,34)41-43(35,36)38-7-12-15(30)17(32)21(40-12)28-9-26-13-18(23)24-8-25-19(13)28/h1-3,5,8-9,11-12,14-17,20-21,29-32H,4,6-7,22H2,(H3-,23,24,25,33,34,35,36)/p+1/t11-,12-,14-,15-,16-,17-,20-,21-/m1/s1. The number of phosphoric ester groups is 2. The Morgan fingerprint density at radius 3 is 2.28 bits per heavy atom. The van der Waals surface area contributed by atoms with E-state index >= 15 is 0 Å². The predicted molar refractivity (Wildman–Crippen MR) is 139 cm³/mol. The summed E-state index contributed by atoms with van der Waals surface area (Å²) in [6, 6.07) is 3.38. The Bertz CT molecular complexity index is 1550. The molecule has 0 saturated carbocycles. The van der Waals surface area contributed by atoms with Gasteiger partial charge in [0.1, 0.15) is 42.4 Å². The Balaban J connectivity index is 1.15. The fourth-order valence-electron chi connectivity index (χ4n) is 4.60. The minimum atomic E-state index is -5.33. The SMILES string of the molecule is NCc1ccc[n+]([C@@H]2O[C@H](COP(=O)(O)OP(=O)(O)OC[C@H]3O[C@@H](n4cnc5c(N)ncnc54)[C@H](O)[C@@H]3O)[C@@H](O)[C@H]2O)c1. The zero-order valence-corrected chi connectivity index (χ0v) is 23.8. The summed E-state index contributed by atoms with van der Waals surface area (Å²) in [4.78, 5) is 31.9. The van der Waals surface area contributed by atoms with Crippen molar-refractivity contribution in [2.75, 3.05) is 18.9 Å². The number of hydrogen-bond acceptors (Lipinski definition) is 16. The fourth-order valence-corrected chi connectivity index (χ4v) is 6.69. The van der Waals surface area contributed by atoms with Crippen LogP contribution in [0.3, 0.4) is 0 Å². The van der Waals surface area contributed by atoms with Crippen LogP contribution in [0.2, 0.25) is 0 Å². The highest BCUT2D eigenvalue weighted by atomic mass is 31.3. The summed E-state index contributed by atoms with van der Waals surface area (Å²) >= 11 is 0. The number of aliphatic hydroxyl groups is 4. The van der Waals surface area contributed by atoms with E-state index in [2.05, 4.69) is 19.3 Å². The Hall–Kier alpha value is -2.52. The van der Waals surface area contributed by atoms with Crippen molar-refractivity contribution in [2.45, 2.75) is 55.6 Å². The molecule has 43 heavy (non-hydrogen) atoms. The number of phosphoric acid groups is 2. The van der Waals surface area contributed by atoms with Crippen LogP contribution in [0, 0.1) is 0 Å². The topological polar surface area (TPSA) is 301 Å². The van der Waals surface area contributed by atoms with Crippen molar-refractivity contribution in [3.05, 3.63) is 42.7 Å². The number of nitrogen functional groups attached to an aromatic ring is 1. The molecule has 10 N–H and O–H groups in total. The third-order valence-corrected chi connectivity index (χ3v) is 9.36. The number of pyridine rings is 1. The van der Waals surface area contributed by atoms with Gasteiger partial charge < -0.3 is 51.2 Å². The van der Waals surface area contributed by atoms with Gasteiger partial charge in [-0.15, -0.1) is 0 Å². The van der Waals surface area contributed by atoms with Gasteiger partial charge in [-0.25, -0.2) is 24.1 Å². The van der Waals surface area contributed by atoms with Crippen molar-refractivity contribution in [1.82, 2.24) is 19.5 Å². The maximum Gasteiger partial charge on any atom is 0.481 e. The first-order valence-electron chi connectivity index (χ1n) is 12.6. The van der Waals surface area contributed by atoms with E-state index in [1.807, 2.05) is 0 Å². The van der Waals surface area contributed by atoms with Gasteiger partial charge in [0.15, 0.2) is 36.2 Å². The van der Waals surface area contributed by atoms with Gasteiger partial charge in [-0.2, -0.15) is 8.88 Å². The molecular formula is C21H30N7O13P2+. The quantitative estimate of drug-likeness (QED) is 0.0776. The lowest BCUT2D eigenvalue weighted by molar-refractivity contribution is -0.766. The highest BCUT2D eigenvalue weighted by Crippen LogP contribution is 2.60. The molecule has 0 aliphatic carbocycles. The highest BCUT2D eigenvalue weighted by molar-refractivity contribution is 7.61. The third-order valence-electron chi connectivity index (χ3n) is 6.76. The van der Waals surface area contributed by atoms with E-state index in [4.69, 9.17) is 30.0 Å². The molecule has 0 radical (unpaired) electrons. The second-order valence-corrected chi connectivity index (χ2v) is 12.7. The third kappa shape index (κ3) is 6.77. The van der Waals surface area contributed by atoms with Gasteiger partial charge in [-0.3, -0.25) is 13.6 Å². The molecular weight excluding hydrogens is 620 g/mol. The van der Waals surface area contributed by atoms with Gasteiger partial charge in [0.25, 0.3) is 6.23 Å². The molecule has 3 aromatic rings. The summed E-state index contributed by atoms with van der Waals surface area (Å²) in [6.07, 6.45) is -5.80. The van der Waals surface area contributed by atoms with Crippen LogP contribution in [0.25, 0.3) is 11.2 Å². The molecule has 0 bridgehead atoms. The smallest absolute Gasteiger partial charge is 0.387 e. The van der Waals surface area contributed by atoms with E-state index in [1.54, 1.807) is 24.5 Å². The summed E-state index contributed by atoms with van der Waals surface area (Å²) in [5.41, 5.74) is 12.5. The van der Waals surface area contributed by atoms with Crippen molar-refractivity contribution >= 4 is 32.6 Å². The van der Waals surface area contributed by atoms with E-state index in [0.29, 0.717) is 5.56 Å². The minimum absolute atomic E-state index is 0.0619. The number of nitrogens with zero attached hydrogens (tertiary/aromatic N) is 5.